The van der Waals surface area contributed by atoms with Crippen molar-refractivity contribution in [2.45, 2.75) is 41.2 Å². The fourth-order valence-electron chi connectivity index (χ4n) is 6.54. The highest BCUT2D eigenvalue weighted by molar-refractivity contribution is 5.82. The Bertz CT molecular complexity index is 2890. The largest absolute Gasteiger partial charge is 0.390 e. The van der Waals surface area contributed by atoms with Gasteiger partial charge in [-0.1, -0.05) is 10.3 Å². The minimum atomic E-state index is -0.843. The van der Waals surface area contributed by atoms with Crippen LogP contribution in [0.15, 0.2) is 91.4 Å². The van der Waals surface area contributed by atoms with E-state index in [1.165, 1.54) is 39.5 Å². The van der Waals surface area contributed by atoms with Crippen LogP contribution in [0.1, 0.15) is 34.3 Å². The van der Waals surface area contributed by atoms with E-state index >= 15 is 0 Å². The van der Waals surface area contributed by atoms with Gasteiger partial charge in [-0.25, -0.2) is 27.5 Å². The number of rotatable bonds is 5. The Labute approximate surface area is 308 Å². The summed E-state index contributed by atoms with van der Waals surface area (Å²) in [7, 11) is 0. The van der Waals surface area contributed by atoms with Crippen molar-refractivity contribution in [2.75, 3.05) is 0 Å². The summed E-state index contributed by atoms with van der Waals surface area (Å²) in [5.41, 5.74) is 4.23. The Morgan fingerprint density at radius 3 is 1.49 bits per heavy atom. The number of nitrogens with zero attached hydrogens (tertiary/aromatic N) is 6. The first-order chi connectivity index (χ1) is 26.3. The number of aliphatic hydroxyl groups excluding tert-OH is 1. The Kier molecular flexibility index (Phi) is 9.48. The van der Waals surface area contributed by atoms with Gasteiger partial charge in [-0.3, -0.25) is 18.7 Å². The van der Waals surface area contributed by atoms with Gasteiger partial charge >= 0.3 is 0 Å². The molecule has 8 aromatic rings. The number of hydrogen-bond acceptors (Lipinski definition) is 9. The van der Waals surface area contributed by atoms with Crippen LogP contribution in [0, 0.1) is 57.9 Å². The number of aromatic nitrogens is 6. The molecule has 278 valence electrons. The first kappa shape index (κ1) is 36.6. The van der Waals surface area contributed by atoms with Crippen LogP contribution in [-0.4, -0.2) is 34.5 Å². The fraction of sp³-hybridized carbons (Fsp3) is 0.150. The van der Waals surface area contributed by atoms with Crippen molar-refractivity contribution in [3.8, 4) is 33.9 Å². The van der Waals surface area contributed by atoms with Gasteiger partial charge in [0.25, 0.3) is 0 Å². The predicted molar refractivity (Wildman–Crippen MR) is 195 cm³/mol. The first-order valence-electron chi connectivity index (χ1n) is 16.7. The minimum absolute atomic E-state index is 0.0288. The number of aryl methyl sites for hydroxylation is 5. The smallest absolute Gasteiger partial charge is 0.191 e. The van der Waals surface area contributed by atoms with Gasteiger partial charge in [0.05, 0.1) is 68.4 Å². The van der Waals surface area contributed by atoms with Gasteiger partial charge in [0.2, 0.25) is 0 Å². The summed E-state index contributed by atoms with van der Waals surface area (Å²) in [4.78, 5) is 34.0. The summed E-state index contributed by atoms with van der Waals surface area (Å²) in [6.45, 7) is 8.20. The van der Waals surface area contributed by atoms with Crippen molar-refractivity contribution in [1.82, 2.24) is 29.4 Å². The van der Waals surface area contributed by atoms with E-state index < -0.39 is 29.9 Å². The van der Waals surface area contributed by atoms with Crippen molar-refractivity contribution >= 4 is 22.1 Å². The van der Waals surface area contributed by atoms with Gasteiger partial charge in [-0.15, -0.1) is 0 Å². The van der Waals surface area contributed by atoms with Gasteiger partial charge in [0, 0.05) is 30.0 Å². The molecule has 0 aliphatic carbocycles. The molecule has 0 saturated carbocycles. The van der Waals surface area contributed by atoms with Crippen LogP contribution in [-0.2, 0) is 6.61 Å². The minimum Gasteiger partial charge on any atom is -0.390 e. The number of halogens is 4. The average molecular weight is 751 g/mol. The van der Waals surface area contributed by atoms with Crippen LogP contribution in [0.2, 0.25) is 0 Å². The van der Waals surface area contributed by atoms with Gasteiger partial charge in [-0.2, -0.15) is 0 Å². The van der Waals surface area contributed by atoms with Gasteiger partial charge in [0.1, 0.15) is 46.1 Å². The molecule has 55 heavy (non-hydrogen) atoms. The maximum absolute atomic E-state index is 14.5. The third-order valence-corrected chi connectivity index (χ3v) is 9.02. The molecule has 0 amide bonds. The predicted octanol–water partition coefficient (Wildman–Crippen LogP) is 7.67. The summed E-state index contributed by atoms with van der Waals surface area (Å²) >= 11 is 0. The maximum atomic E-state index is 14.5. The number of fused-ring (bicyclic) bond motifs is 2. The molecule has 0 aliphatic rings. The molecule has 0 fully saturated rings. The Morgan fingerprint density at radius 1 is 0.600 bits per heavy atom. The van der Waals surface area contributed by atoms with Crippen LogP contribution >= 0.6 is 0 Å². The van der Waals surface area contributed by atoms with E-state index in [4.69, 9.17) is 9.05 Å². The van der Waals surface area contributed by atoms with Crippen molar-refractivity contribution < 1.29 is 31.7 Å². The zero-order valence-corrected chi connectivity index (χ0v) is 29.9. The topological polar surface area (TPSA) is 142 Å². The number of pyridine rings is 4. The Hall–Kier alpha value is -6.74. The average Bonchev–Trinajstić information content (AvgIpc) is 3.67. The molecule has 15 heteroatoms. The van der Waals surface area contributed by atoms with Crippen LogP contribution in [0.5, 0.6) is 0 Å². The van der Waals surface area contributed by atoms with Gasteiger partial charge in [0.15, 0.2) is 10.9 Å². The highest BCUT2D eigenvalue weighted by Gasteiger charge is 2.20. The third-order valence-electron chi connectivity index (χ3n) is 9.02. The summed E-state index contributed by atoms with van der Waals surface area (Å²) in [6, 6.07) is 15.6. The van der Waals surface area contributed by atoms with Crippen molar-refractivity contribution in [3.63, 3.8) is 0 Å². The number of benzene rings is 2. The molecular weight excluding hydrogens is 720 g/mol. The van der Waals surface area contributed by atoms with Crippen molar-refractivity contribution in [2.24, 2.45) is 0 Å². The van der Waals surface area contributed by atoms with Crippen molar-refractivity contribution in [1.29, 1.82) is 0 Å². The van der Waals surface area contributed by atoms with E-state index in [2.05, 4.69) is 20.3 Å². The third kappa shape index (κ3) is 6.58. The van der Waals surface area contributed by atoms with E-state index in [1.54, 1.807) is 58.9 Å². The molecule has 11 nitrogen and oxygen atoms in total. The summed E-state index contributed by atoms with van der Waals surface area (Å²) in [5, 5.41) is 18.1. The maximum Gasteiger partial charge on any atom is 0.191 e. The summed E-state index contributed by atoms with van der Waals surface area (Å²) in [6.07, 6.45) is 0. The Balaban J connectivity index is 0.000000169. The molecule has 1 N–H and O–H groups in total. The molecule has 0 saturated heterocycles. The number of aliphatic hydroxyl groups is 1. The SMILES string of the molecule is Cc1noc(C)c1-c1ccc2c(=O)cc(C)n(-c3ccc(F)cc3F)c2n1.Cc1noc(C)c1-c1ccc2c(=O)cc(CO)n(-c3ccc(F)cc3F)c2n1. The highest BCUT2D eigenvalue weighted by Crippen LogP contribution is 2.30. The standard InChI is InChI=1S/C20H15F2N3O3.C20H15F2N3O2/c1-10-19(11(2)28-24-10)16-5-4-14-18(27)8-13(9-26)25(20(14)23-16)17-6-3-12(21)7-15(17)22;1-10-8-18(26)14-5-6-16(19-11(2)24-27-12(19)3)23-20(14)25(10)17-7-4-13(21)9-15(17)22/h3-8,26H,9H2,1-2H3;4-9H,1-3H3. The second-order valence-corrected chi connectivity index (χ2v) is 12.7. The second kappa shape index (κ2) is 14.2. The van der Waals surface area contributed by atoms with E-state index in [-0.39, 0.29) is 44.6 Å². The molecule has 8 rings (SSSR count). The van der Waals surface area contributed by atoms with Gasteiger partial charge < -0.3 is 14.2 Å². The first-order valence-corrected chi connectivity index (χ1v) is 16.7. The van der Waals surface area contributed by atoms with Crippen LogP contribution in [0.4, 0.5) is 17.6 Å². The normalized spacial score (nSPS) is 11.3. The molecule has 0 bridgehead atoms. The van der Waals surface area contributed by atoms with Crippen LogP contribution < -0.4 is 10.9 Å². The van der Waals surface area contributed by atoms with E-state index in [0.717, 1.165) is 23.8 Å². The van der Waals surface area contributed by atoms with Gasteiger partial charge in [-0.05, 0) is 83.1 Å². The summed E-state index contributed by atoms with van der Waals surface area (Å²) in [5.74, 6) is -1.86. The van der Waals surface area contributed by atoms with E-state index in [0.29, 0.717) is 50.9 Å². The molecule has 0 atom stereocenters. The lowest BCUT2D eigenvalue weighted by atomic mass is 10.1. The molecular formula is C40H30F4N6O5. The zero-order chi connectivity index (χ0) is 39.3. The lowest BCUT2D eigenvalue weighted by molar-refractivity contribution is 0.274. The lowest BCUT2D eigenvalue weighted by Gasteiger charge is -2.16. The molecule has 2 aromatic carbocycles. The quantitative estimate of drug-likeness (QED) is 0.175. The van der Waals surface area contributed by atoms with Crippen molar-refractivity contribution in [3.05, 3.63) is 151 Å². The lowest BCUT2D eigenvalue weighted by Crippen LogP contribution is -2.15. The highest BCUT2D eigenvalue weighted by atomic mass is 19.1. The molecule has 0 radical (unpaired) electrons. The fourth-order valence-corrected chi connectivity index (χ4v) is 6.54. The summed E-state index contributed by atoms with van der Waals surface area (Å²) < 4.78 is 68.9. The molecule has 0 aliphatic heterocycles. The molecule has 6 heterocycles. The second-order valence-electron chi connectivity index (χ2n) is 12.7. The molecule has 6 aromatic heterocycles. The van der Waals surface area contributed by atoms with Crippen LogP contribution in [0.3, 0.4) is 0 Å². The van der Waals surface area contributed by atoms with Crippen LogP contribution in [0.25, 0.3) is 56.0 Å². The Morgan fingerprint density at radius 2 is 1.05 bits per heavy atom. The number of hydrogen-bond donors (Lipinski definition) is 1. The van der Waals surface area contributed by atoms with E-state index in [9.17, 15) is 32.3 Å². The molecule has 0 spiro atoms. The monoisotopic (exact) mass is 750 g/mol. The zero-order valence-electron chi connectivity index (χ0n) is 29.9. The van der Waals surface area contributed by atoms with E-state index in [1.807, 2.05) is 0 Å². The molecule has 0 unspecified atom stereocenters.